The number of halogens is 1. The SMILES string of the molecule is CCC[C@H](N)c1nc(-c2cc(C)cc(F)c2)no1. The Kier molecular flexibility index (Phi) is 3.72. The molecule has 1 aromatic heterocycles. The highest BCUT2D eigenvalue weighted by molar-refractivity contribution is 5.55. The van der Waals surface area contributed by atoms with Crippen molar-refractivity contribution < 1.29 is 8.91 Å². The fourth-order valence-corrected chi connectivity index (χ4v) is 1.80. The van der Waals surface area contributed by atoms with Crippen molar-refractivity contribution in [3.05, 3.63) is 35.5 Å². The van der Waals surface area contributed by atoms with Crippen molar-refractivity contribution in [2.24, 2.45) is 5.73 Å². The van der Waals surface area contributed by atoms with E-state index in [4.69, 9.17) is 10.3 Å². The summed E-state index contributed by atoms with van der Waals surface area (Å²) < 4.78 is 18.4. The lowest BCUT2D eigenvalue weighted by atomic mass is 10.1. The Balaban J connectivity index is 2.29. The average molecular weight is 249 g/mol. The normalized spacial score (nSPS) is 12.7. The van der Waals surface area contributed by atoms with Crippen LogP contribution < -0.4 is 5.73 Å². The van der Waals surface area contributed by atoms with Crippen molar-refractivity contribution in [2.45, 2.75) is 32.7 Å². The molecule has 0 unspecified atom stereocenters. The van der Waals surface area contributed by atoms with Crippen LogP contribution in [0.25, 0.3) is 11.4 Å². The molecular formula is C13H16FN3O. The van der Waals surface area contributed by atoms with E-state index in [1.807, 2.05) is 19.9 Å². The molecule has 0 spiro atoms. The summed E-state index contributed by atoms with van der Waals surface area (Å²) in [6.45, 7) is 3.85. The van der Waals surface area contributed by atoms with Crippen molar-refractivity contribution in [3.8, 4) is 11.4 Å². The van der Waals surface area contributed by atoms with E-state index >= 15 is 0 Å². The molecule has 0 amide bonds. The second-order valence-corrected chi connectivity index (χ2v) is 4.37. The molecule has 96 valence electrons. The van der Waals surface area contributed by atoms with Gasteiger partial charge >= 0.3 is 0 Å². The van der Waals surface area contributed by atoms with E-state index in [0.717, 1.165) is 18.4 Å². The summed E-state index contributed by atoms with van der Waals surface area (Å²) in [5.74, 6) is 0.460. The Morgan fingerprint density at radius 3 is 2.83 bits per heavy atom. The van der Waals surface area contributed by atoms with E-state index in [1.54, 1.807) is 0 Å². The number of hydrogen-bond acceptors (Lipinski definition) is 4. The average Bonchev–Trinajstić information content (AvgIpc) is 2.77. The Morgan fingerprint density at radius 1 is 1.39 bits per heavy atom. The Bertz CT molecular complexity index is 519. The molecule has 1 aromatic carbocycles. The van der Waals surface area contributed by atoms with Gasteiger partial charge in [-0.1, -0.05) is 18.5 Å². The maximum absolute atomic E-state index is 13.3. The van der Waals surface area contributed by atoms with Crippen molar-refractivity contribution in [3.63, 3.8) is 0 Å². The van der Waals surface area contributed by atoms with Crippen molar-refractivity contribution in [2.75, 3.05) is 0 Å². The van der Waals surface area contributed by atoms with Gasteiger partial charge in [-0.25, -0.2) is 4.39 Å². The highest BCUT2D eigenvalue weighted by Gasteiger charge is 2.15. The van der Waals surface area contributed by atoms with Crippen LogP contribution >= 0.6 is 0 Å². The lowest BCUT2D eigenvalue weighted by Crippen LogP contribution is -2.09. The number of nitrogens with zero attached hydrogens (tertiary/aromatic N) is 2. The molecule has 0 aliphatic rings. The van der Waals surface area contributed by atoms with E-state index in [2.05, 4.69) is 10.1 Å². The largest absolute Gasteiger partial charge is 0.337 e. The smallest absolute Gasteiger partial charge is 0.243 e. The molecule has 5 heteroatoms. The lowest BCUT2D eigenvalue weighted by molar-refractivity contribution is 0.348. The molecule has 0 bridgehead atoms. The molecule has 0 fully saturated rings. The Labute approximate surface area is 105 Å². The number of benzene rings is 1. The van der Waals surface area contributed by atoms with E-state index in [9.17, 15) is 4.39 Å². The lowest BCUT2D eigenvalue weighted by Gasteiger charge is -2.02. The molecule has 2 rings (SSSR count). The molecule has 18 heavy (non-hydrogen) atoms. The maximum atomic E-state index is 13.3. The summed E-state index contributed by atoms with van der Waals surface area (Å²) >= 11 is 0. The molecule has 1 atom stereocenters. The van der Waals surface area contributed by atoms with Crippen molar-refractivity contribution in [1.29, 1.82) is 0 Å². The van der Waals surface area contributed by atoms with E-state index in [-0.39, 0.29) is 11.9 Å². The van der Waals surface area contributed by atoms with E-state index in [1.165, 1.54) is 12.1 Å². The van der Waals surface area contributed by atoms with Gasteiger partial charge in [-0.3, -0.25) is 0 Å². The zero-order valence-corrected chi connectivity index (χ0v) is 10.5. The first-order valence-corrected chi connectivity index (χ1v) is 5.97. The molecule has 0 saturated carbocycles. The van der Waals surface area contributed by atoms with Gasteiger partial charge in [-0.2, -0.15) is 4.98 Å². The monoisotopic (exact) mass is 249 g/mol. The molecular weight excluding hydrogens is 233 g/mol. The van der Waals surface area contributed by atoms with Gasteiger partial charge in [0.2, 0.25) is 11.7 Å². The number of aromatic nitrogens is 2. The van der Waals surface area contributed by atoms with Crippen LogP contribution in [0.3, 0.4) is 0 Å². The van der Waals surface area contributed by atoms with Crippen LogP contribution in [0.5, 0.6) is 0 Å². The third-order valence-corrected chi connectivity index (χ3v) is 2.66. The summed E-state index contributed by atoms with van der Waals surface area (Å²) in [7, 11) is 0. The summed E-state index contributed by atoms with van der Waals surface area (Å²) in [6, 6.07) is 4.38. The zero-order valence-electron chi connectivity index (χ0n) is 10.5. The maximum Gasteiger partial charge on any atom is 0.243 e. The predicted molar refractivity (Wildman–Crippen MR) is 66.3 cm³/mol. The molecule has 1 heterocycles. The topological polar surface area (TPSA) is 64.9 Å². The molecule has 0 aliphatic carbocycles. The first-order chi connectivity index (χ1) is 8.60. The first kappa shape index (κ1) is 12.7. The Morgan fingerprint density at radius 2 is 2.17 bits per heavy atom. The van der Waals surface area contributed by atoms with Gasteiger partial charge in [0.1, 0.15) is 5.82 Å². The first-order valence-electron chi connectivity index (χ1n) is 5.97. The number of rotatable bonds is 4. The van der Waals surface area contributed by atoms with Gasteiger partial charge in [0.15, 0.2) is 0 Å². The van der Waals surface area contributed by atoms with Crippen molar-refractivity contribution in [1.82, 2.24) is 10.1 Å². The Hall–Kier alpha value is -1.75. The molecule has 0 radical (unpaired) electrons. The second kappa shape index (κ2) is 5.27. The highest BCUT2D eigenvalue weighted by Crippen LogP contribution is 2.21. The van der Waals surface area contributed by atoms with E-state index < -0.39 is 0 Å². The highest BCUT2D eigenvalue weighted by atomic mass is 19.1. The van der Waals surface area contributed by atoms with Crippen LogP contribution in [0, 0.1) is 12.7 Å². The van der Waals surface area contributed by atoms with Crippen LogP contribution in [0.15, 0.2) is 22.7 Å². The molecule has 2 N–H and O–H groups in total. The van der Waals surface area contributed by atoms with Gasteiger partial charge < -0.3 is 10.3 Å². The van der Waals surface area contributed by atoms with E-state index in [0.29, 0.717) is 17.3 Å². The third-order valence-electron chi connectivity index (χ3n) is 2.66. The molecule has 0 aliphatic heterocycles. The summed E-state index contributed by atoms with van der Waals surface area (Å²) in [6.07, 6.45) is 1.72. The van der Waals surface area contributed by atoms with Gasteiger partial charge in [-0.05, 0) is 37.1 Å². The van der Waals surface area contributed by atoms with Crippen LogP contribution in [0.2, 0.25) is 0 Å². The minimum absolute atomic E-state index is 0.258. The fraction of sp³-hybridized carbons (Fsp3) is 0.385. The zero-order chi connectivity index (χ0) is 13.1. The quantitative estimate of drug-likeness (QED) is 0.904. The van der Waals surface area contributed by atoms with Gasteiger partial charge in [0.05, 0.1) is 6.04 Å². The summed E-state index contributed by atoms with van der Waals surface area (Å²) in [4.78, 5) is 4.21. The fourth-order valence-electron chi connectivity index (χ4n) is 1.80. The molecule has 4 nitrogen and oxygen atoms in total. The summed E-state index contributed by atoms with van der Waals surface area (Å²) in [5.41, 5.74) is 7.30. The van der Waals surface area contributed by atoms with Gasteiger partial charge in [0.25, 0.3) is 0 Å². The van der Waals surface area contributed by atoms with Crippen LogP contribution in [0.1, 0.15) is 37.3 Å². The van der Waals surface area contributed by atoms with Crippen LogP contribution in [-0.4, -0.2) is 10.1 Å². The predicted octanol–water partition coefficient (Wildman–Crippen LogP) is 2.98. The number of aryl methyl sites for hydroxylation is 1. The van der Waals surface area contributed by atoms with Crippen LogP contribution in [-0.2, 0) is 0 Å². The minimum atomic E-state index is -0.311. The number of hydrogen-bond donors (Lipinski definition) is 1. The third kappa shape index (κ3) is 2.73. The number of nitrogens with two attached hydrogens (primary N) is 1. The second-order valence-electron chi connectivity index (χ2n) is 4.37. The molecule has 0 saturated heterocycles. The van der Waals surface area contributed by atoms with Crippen molar-refractivity contribution >= 4 is 0 Å². The van der Waals surface area contributed by atoms with Crippen LogP contribution in [0.4, 0.5) is 4.39 Å². The van der Waals surface area contributed by atoms with Gasteiger partial charge in [-0.15, -0.1) is 0 Å². The minimum Gasteiger partial charge on any atom is -0.337 e. The summed E-state index contributed by atoms with van der Waals surface area (Å²) in [5, 5.41) is 3.84. The standard InChI is InChI=1S/C13H16FN3O/c1-3-4-11(15)13-16-12(17-18-13)9-5-8(2)6-10(14)7-9/h5-7,11H,3-4,15H2,1-2H3/t11-/m0/s1. The molecule has 2 aromatic rings. The van der Waals surface area contributed by atoms with Gasteiger partial charge in [0, 0.05) is 5.56 Å².